The average molecular weight is 893 g/mol. The number of aromatic nitrogens is 1. The van der Waals surface area contributed by atoms with Gasteiger partial charge < -0.3 is 20.4 Å². The van der Waals surface area contributed by atoms with E-state index in [9.17, 15) is 0 Å². The predicted molar refractivity (Wildman–Crippen MR) is 281 cm³/mol. The van der Waals surface area contributed by atoms with Crippen LogP contribution in [0.4, 0.5) is 5.82 Å². The Morgan fingerprint density at radius 2 is 1.13 bits per heavy atom. The van der Waals surface area contributed by atoms with Gasteiger partial charge in [-0.15, -0.1) is 0 Å². The summed E-state index contributed by atoms with van der Waals surface area (Å²) in [6, 6.07) is 5.81. The lowest BCUT2D eigenvalue weighted by atomic mass is 9.91. The molecular weight excluding hydrogens is 799 g/mol. The Labute approximate surface area is 393 Å². The zero-order valence-corrected chi connectivity index (χ0v) is 43.2. The van der Waals surface area contributed by atoms with Gasteiger partial charge >= 0.3 is 0 Å². The Kier molecular flexibility index (Phi) is 30.3. The molecule has 3 rings (SSSR count). The first-order valence-electron chi connectivity index (χ1n) is 24.8. The minimum absolute atomic E-state index is 0.770. The van der Waals surface area contributed by atoms with Crippen molar-refractivity contribution in [2.24, 2.45) is 17.8 Å². The molecule has 62 heavy (non-hydrogen) atoms. The van der Waals surface area contributed by atoms with E-state index in [1.165, 1.54) is 80.9 Å². The van der Waals surface area contributed by atoms with Crippen molar-refractivity contribution in [1.82, 2.24) is 29.9 Å². The number of anilines is 1. The van der Waals surface area contributed by atoms with E-state index < -0.39 is 0 Å². The Morgan fingerprint density at radius 1 is 0.629 bits per heavy atom. The Morgan fingerprint density at radius 3 is 1.65 bits per heavy atom. The topological polar surface area (TPSA) is 49.9 Å². The van der Waals surface area contributed by atoms with Gasteiger partial charge in [0.05, 0.1) is 0 Å². The van der Waals surface area contributed by atoms with Crippen LogP contribution in [0, 0.1) is 17.8 Å². The minimum atomic E-state index is 0.770. The fraction of sp³-hybridized carbons (Fsp3) is 0.717. The predicted octanol–water partition coefficient (Wildman–Crippen LogP) is 13.1. The molecule has 2 N–H and O–H groups in total. The van der Waals surface area contributed by atoms with Crippen molar-refractivity contribution in [3.63, 3.8) is 0 Å². The van der Waals surface area contributed by atoms with Gasteiger partial charge in [0.25, 0.3) is 0 Å². The maximum atomic E-state index is 5.54. The molecule has 0 aliphatic carbocycles. The van der Waals surface area contributed by atoms with Crippen molar-refractivity contribution >= 4 is 40.5 Å². The zero-order chi connectivity index (χ0) is 45.5. The molecule has 2 aliphatic rings. The van der Waals surface area contributed by atoms with E-state index in [1.807, 2.05) is 18.2 Å². The van der Waals surface area contributed by atoms with Gasteiger partial charge in [0.2, 0.25) is 0 Å². The lowest BCUT2D eigenvalue weighted by Gasteiger charge is -2.35. The molecule has 2 saturated heterocycles. The number of piperazine rings is 2. The van der Waals surface area contributed by atoms with E-state index in [4.69, 9.17) is 24.4 Å². The molecule has 0 radical (unpaired) electrons. The van der Waals surface area contributed by atoms with E-state index in [2.05, 4.69) is 129 Å². The number of rotatable bonds is 25. The van der Waals surface area contributed by atoms with Gasteiger partial charge in [-0.1, -0.05) is 132 Å². The van der Waals surface area contributed by atoms with E-state index >= 15 is 0 Å². The molecule has 0 aromatic carbocycles. The number of hydrogen-bond acceptors (Lipinski definition) is 5. The molecule has 0 amide bonds. The van der Waals surface area contributed by atoms with Crippen molar-refractivity contribution in [2.75, 3.05) is 77.3 Å². The lowest BCUT2D eigenvalue weighted by molar-refractivity contribution is 0.196. The van der Waals surface area contributed by atoms with E-state index in [0.29, 0.717) is 0 Å². The molecule has 1 aromatic rings. The third-order valence-electron chi connectivity index (χ3n) is 12.4. The maximum Gasteiger partial charge on any atom is 0.174 e. The average Bonchev–Trinajstić information content (AvgIpc) is 3.24. The van der Waals surface area contributed by atoms with Crippen LogP contribution in [0.3, 0.4) is 0 Å². The second-order valence-electron chi connectivity index (χ2n) is 19.3. The standard InChI is InChI=1S/C28H55N3S.C25H38N4S/c1-7-18-29-28(32)31-22-20-30(21-23-31)19-17-27(6)16-10-15-26(5)14-9-13-25(4)12-8-11-24(2)3;1-21(2)9-7-10-22(3)11-8-12-23(4)14-16-28-17-19-29(20-18-28)25(30)27-24-13-5-6-15-26-24/h17,24-26H,7-16,18-23H2,1-6H3,(H,29,32);5-6,9,11,13-15H,7-8,10,12,16-20H2,1-4H3,(H,26,27,30)/b27-17+;22-11+,23-14+. The van der Waals surface area contributed by atoms with Crippen molar-refractivity contribution in [3.05, 3.63) is 71.0 Å². The summed E-state index contributed by atoms with van der Waals surface area (Å²) >= 11 is 11.0. The fourth-order valence-electron chi connectivity index (χ4n) is 7.95. The molecule has 7 nitrogen and oxygen atoms in total. The van der Waals surface area contributed by atoms with E-state index in [1.54, 1.807) is 11.8 Å². The van der Waals surface area contributed by atoms with Gasteiger partial charge in [-0.3, -0.25) is 9.80 Å². The van der Waals surface area contributed by atoms with Gasteiger partial charge in [0, 0.05) is 78.2 Å². The smallest absolute Gasteiger partial charge is 0.174 e. The zero-order valence-electron chi connectivity index (χ0n) is 41.6. The highest BCUT2D eigenvalue weighted by Crippen LogP contribution is 2.22. The summed E-state index contributed by atoms with van der Waals surface area (Å²) in [6.45, 7) is 34.4. The second-order valence-corrected chi connectivity index (χ2v) is 20.1. The molecule has 2 unspecified atom stereocenters. The molecule has 2 aliphatic heterocycles. The van der Waals surface area contributed by atoms with Crippen LogP contribution in [-0.2, 0) is 0 Å². The highest BCUT2D eigenvalue weighted by molar-refractivity contribution is 7.80. The highest BCUT2D eigenvalue weighted by atomic mass is 32.1. The summed E-state index contributed by atoms with van der Waals surface area (Å²) in [4.78, 5) is 13.9. The Hall–Kier alpha value is -2.59. The first kappa shape index (κ1) is 55.5. The number of thiocarbonyl (C=S) groups is 2. The second kappa shape index (κ2) is 33.9. The van der Waals surface area contributed by atoms with Gasteiger partial charge in [-0.25, -0.2) is 4.98 Å². The van der Waals surface area contributed by atoms with Gasteiger partial charge in [-0.2, -0.15) is 0 Å². The summed E-state index contributed by atoms with van der Waals surface area (Å²) in [6.07, 6.45) is 29.6. The van der Waals surface area contributed by atoms with Crippen LogP contribution < -0.4 is 10.6 Å². The molecule has 0 saturated carbocycles. The van der Waals surface area contributed by atoms with Crippen LogP contribution in [0.15, 0.2) is 71.0 Å². The number of allylic oxidation sites excluding steroid dienone is 6. The fourth-order valence-corrected chi connectivity index (χ4v) is 8.53. The van der Waals surface area contributed by atoms with E-state index in [0.717, 1.165) is 131 Å². The monoisotopic (exact) mass is 892 g/mol. The molecule has 2 atom stereocenters. The van der Waals surface area contributed by atoms with E-state index in [-0.39, 0.29) is 0 Å². The first-order valence-corrected chi connectivity index (χ1v) is 25.6. The molecule has 0 spiro atoms. The Balaban J connectivity index is 0.000000427. The van der Waals surface area contributed by atoms with Gasteiger partial charge in [0.1, 0.15) is 5.82 Å². The van der Waals surface area contributed by atoms with Crippen LogP contribution in [0.2, 0.25) is 0 Å². The molecule has 1 aromatic heterocycles. The number of pyridine rings is 1. The van der Waals surface area contributed by atoms with Crippen molar-refractivity contribution in [1.29, 1.82) is 0 Å². The lowest BCUT2D eigenvalue weighted by Crippen LogP contribution is -2.51. The summed E-state index contributed by atoms with van der Waals surface area (Å²) in [5.74, 6) is 3.46. The molecule has 9 heteroatoms. The minimum Gasteiger partial charge on any atom is -0.363 e. The quantitative estimate of drug-likeness (QED) is 0.0738. The third-order valence-corrected chi connectivity index (χ3v) is 13.2. The number of nitrogens with one attached hydrogen (secondary N) is 2. The normalized spacial score (nSPS) is 16.7. The summed E-state index contributed by atoms with van der Waals surface area (Å²) < 4.78 is 0. The highest BCUT2D eigenvalue weighted by Gasteiger charge is 2.19. The van der Waals surface area contributed by atoms with Crippen LogP contribution in [-0.4, -0.2) is 107 Å². The van der Waals surface area contributed by atoms with Crippen LogP contribution in [0.1, 0.15) is 159 Å². The van der Waals surface area contributed by atoms with Crippen molar-refractivity contribution < 1.29 is 0 Å². The van der Waals surface area contributed by atoms with Crippen LogP contribution in [0.25, 0.3) is 0 Å². The molecule has 0 bridgehead atoms. The molecule has 3 heterocycles. The Bertz CT molecular complexity index is 1470. The first-order chi connectivity index (χ1) is 29.7. The van der Waals surface area contributed by atoms with Crippen molar-refractivity contribution in [3.8, 4) is 0 Å². The van der Waals surface area contributed by atoms with Gasteiger partial charge in [0.15, 0.2) is 10.2 Å². The SMILES string of the molecule is CC(C)=CCC/C(C)=C/CC/C(C)=C/CN1CCN(C(=S)Nc2ccccn2)CC1.CCCNC(=S)N1CCN(C/C=C(\C)CCCC(C)CCCC(C)CCCC(C)C)CC1. The summed E-state index contributed by atoms with van der Waals surface area (Å²) in [7, 11) is 0. The van der Waals surface area contributed by atoms with Gasteiger partial charge in [-0.05, 0) is 134 Å². The third kappa shape index (κ3) is 27.6. The van der Waals surface area contributed by atoms with Crippen LogP contribution in [0.5, 0.6) is 0 Å². The summed E-state index contributed by atoms with van der Waals surface area (Å²) in [5, 5.41) is 8.30. The number of nitrogens with zero attached hydrogens (tertiary/aromatic N) is 5. The maximum absolute atomic E-state index is 5.54. The molecule has 352 valence electrons. The van der Waals surface area contributed by atoms with Crippen LogP contribution >= 0.6 is 24.4 Å². The summed E-state index contributed by atoms with van der Waals surface area (Å²) in [5.41, 5.74) is 5.97. The largest absolute Gasteiger partial charge is 0.363 e. The molecule has 2 fully saturated rings. The molecular formula is C53H93N7S2. The van der Waals surface area contributed by atoms with Crippen molar-refractivity contribution in [2.45, 2.75) is 159 Å². The number of hydrogen-bond donors (Lipinski definition) is 2.